The van der Waals surface area contributed by atoms with Crippen molar-refractivity contribution in [1.82, 2.24) is 4.90 Å². The monoisotopic (exact) mass is 264 g/mol. The maximum absolute atomic E-state index is 6.01. The molecule has 0 bridgehead atoms. The Balaban J connectivity index is 1.95. The molecule has 1 atom stereocenters. The minimum atomic E-state index is 0.339. The predicted molar refractivity (Wildman–Crippen MR) is 76.9 cm³/mol. The highest BCUT2D eigenvalue weighted by Crippen LogP contribution is 2.25. The zero-order valence-corrected chi connectivity index (χ0v) is 11.9. The lowest BCUT2D eigenvalue weighted by molar-refractivity contribution is 0.211. The van der Waals surface area contributed by atoms with E-state index in [1.807, 2.05) is 12.1 Å². The third-order valence-corrected chi connectivity index (χ3v) is 3.73. The standard InChI is InChI=1S/C15H24N2O2/c1-18-14-6-5-12(15(10-14)19-2)7-9-17-8-3-4-13(16)11-17/h5-6,10,13H,3-4,7-9,11,16H2,1-2H3. The van der Waals surface area contributed by atoms with E-state index in [1.165, 1.54) is 12.0 Å². The number of hydrogen-bond acceptors (Lipinski definition) is 4. The van der Waals surface area contributed by atoms with Gasteiger partial charge in [0.25, 0.3) is 0 Å². The van der Waals surface area contributed by atoms with Crippen molar-refractivity contribution in [3.05, 3.63) is 23.8 Å². The van der Waals surface area contributed by atoms with Crippen molar-refractivity contribution in [2.75, 3.05) is 33.9 Å². The first kappa shape index (κ1) is 14.2. The van der Waals surface area contributed by atoms with E-state index in [-0.39, 0.29) is 0 Å². The Bertz CT molecular complexity index is 409. The molecule has 1 saturated heterocycles. The van der Waals surface area contributed by atoms with Crippen LogP contribution in [-0.2, 0) is 6.42 Å². The molecule has 2 rings (SSSR count). The molecule has 0 radical (unpaired) electrons. The largest absolute Gasteiger partial charge is 0.497 e. The minimum absolute atomic E-state index is 0.339. The van der Waals surface area contributed by atoms with Crippen molar-refractivity contribution in [1.29, 1.82) is 0 Å². The molecule has 0 amide bonds. The Hall–Kier alpha value is -1.26. The van der Waals surface area contributed by atoms with Gasteiger partial charge >= 0.3 is 0 Å². The Morgan fingerprint density at radius 1 is 1.32 bits per heavy atom. The lowest BCUT2D eigenvalue weighted by Gasteiger charge is -2.30. The number of nitrogens with two attached hydrogens (primary N) is 1. The van der Waals surface area contributed by atoms with Gasteiger partial charge in [0.2, 0.25) is 0 Å². The molecular formula is C15H24N2O2. The second-order valence-electron chi connectivity index (χ2n) is 5.13. The summed E-state index contributed by atoms with van der Waals surface area (Å²) in [5.74, 6) is 1.74. The van der Waals surface area contributed by atoms with Crippen LogP contribution >= 0.6 is 0 Å². The van der Waals surface area contributed by atoms with E-state index in [9.17, 15) is 0 Å². The van der Waals surface area contributed by atoms with Gasteiger partial charge < -0.3 is 20.1 Å². The summed E-state index contributed by atoms with van der Waals surface area (Å²) in [5, 5.41) is 0. The van der Waals surface area contributed by atoms with E-state index in [4.69, 9.17) is 15.2 Å². The van der Waals surface area contributed by atoms with Crippen LogP contribution in [0.4, 0.5) is 0 Å². The smallest absolute Gasteiger partial charge is 0.125 e. The number of hydrogen-bond donors (Lipinski definition) is 1. The Kier molecular flexibility index (Phi) is 5.05. The summed E-state index contributed by atoms with van der Waals surface area (Å²) < 4.78 is 10.6. The molecule has 1 aromatic rings. The van der Waals surface area contributed by atoms with Crippen LogP contribution in [0.3, 0.4) is 0 Å². The van der Waals surface area contributed by atoms with Gasteiger partial charge in [-0.1, -0.05) is 6.07 Å². The van der Waals surface area contributed by atoms with Gasteiger partial charge in [0.15, 0.2) is 0 Å². The number of nitrogens with zero attached hydrogens (tertiary/aromatic N) is 1. The second kappa shape index (κ2) is 6.78. The number of benzene rings is 1. The van der Waals surface area contributed by atoms with Crippen molar-refractivity contribution in [2.24, 2.45) is 5.73 Å². The third kappa shape index (κ3) is 3.85. The number of rotatable bonds is 5. The van der Waals surface area contributed by atoms with Crippen LogP contribution in [0.25, 0.3) is 0 Å². The van der Waals surface area contributed by atoms with Gasteiger partial charge in [0, 0.05) is 25.2 Å². The Morgan fingerprint density at radius 3 is 2.84 bits per heavy atom. The number of ether oxygens (including phenoxy) is 2. The lowest BCUT2D eigenvalue weighted by atomic mass is 10.1. The molecule has 0 spiro atoms. The van der Waals surface area contributed by atoms with Crippen molar-refractivity contribution < 1.29 is 9.47 Å². The first-order valence-corrected chi connectivity index (χ1v) is 6.91. The minimum Gasteiger partial charge on any atom is -0.497 e. The molecule has 1 aliphatic rings. The highest BCUT2D eigenvalue weighted by molar-refractivity contribution is 5.40. The summed E-state index contributed by atoms with van der Waals surface area (Å²) in [6.45, 7) is 3.21. The summed E-state index contributed by atoms with van der Waals surface area (Å²) in [5.41, 5.74) is 7.23. The van der Waals surface area contributed by atoms with Gasteiger partial charge in [0.1, 0.15) is 11.5 Å². The van der Waals surface area contributed by atoms with Crippen LogP contribution in [0, 0.1) is 0 Å². The SMILES string of the molecule is COc1ccc(CCN2CCCC(N)C2)c(OC)c1. The number of piperidine rings is 1. The van der Waals surface area contributed by atoms with E-state index < -0.39 is 0 Å². The zero-order chi connectivity index (χ0) is 13.7. The molecule has 1 aromatic carbocycles. The molecule has 0 aromatic heterocycles. The van der Waals surface area contributed by atoms with Crippen LogP contribution in [0.1, 0.15) is 18.4 Å². The topological polar surface area (TPSA) is 47.7 Å². The van der Waals surface area contributed by atoms with Crippen LogP contribution in [0.2, 0.25) is 0 Å². The molecule has 4 heteroatoms. The van der Waals surface area contributed by atoms with E-state index in [0.29, 0.717) is 6.04 Å². The molecule has 0 aliphatic carbocycles. The quantitative estimate of drug-likeness (QED) is 0.879. The molecule has 4 nitrogen and oxygen atoms in total. The van der Waals surface area contributed by atoms with Crippen molar-refractivity contribution >= 4 is 0 Å². The molecule has 2 N–H and O–H groups in total. The summed E-state index contributed by atoms with van der Waals surface area (Å²) in [7, 11) is 3.37. The van der Waals surface area contributed by atoms with Crippen molar-refractivity contribution in [2.45, 2.75) is 25.3 Å². The second-order valence-corrected chi connectivity index (χ2v) is 5.13. The van der Waals surface area contributed by atoms with E-state index >= 15 is 0 Å². The van der Waals surface area contributed by atoms with Gasteiger partial charge in [-0.3, -0.25) is 0 Å². The van der Waals surface area contributed by atoms with Crippen LogP contribution in [0.15, 0.2) is 18.2 Å². The first-order chi connectivity index (χ1) is 9.22. The summed E-state index contributed by atoms with van der Waals surface area (Å²) in [4.78, 5) is 2.44. The normalized spacial score (nSPS) is 20.3. The van der Waals surface area contributed by atoms with E-state index in [1.54, 1.807) is 14.2 Å². The van der Waals surface area contributed by atoms with Gasteiger partial charge in [-0.25, -0.2) is 0 Å². The fourth-order valence-electron chi connectivity index (χ4n) is 2.63. The van der Waals surface area contributed by atoms with Gasteiger partial charge in [0.05, 0.1) is 14.2 Å². The average molecular weight is 264 g/mol. The fraction of sp³-hybridized carbons (Fsp3) is 0.600. The van der Waals surface area contributed by atoms with Crippen molar-refractivity contribution in [3.63, 3.8) is 0 Å². The number of likely N-dealkylation sites (tertiary alicyclic amines) is 1. The molecule has 1 heterocycles. The van der Waals surface area contributed by atoms with Crippen LogP contribution in [0.5, 0.6) is 11.5 Å². The Labute approximate surface area is 115 Å². The predicted octanol–water partition coefficient (Wildman–Crippen LogP) is 1.67. The first-order valence-electron chi connectivity index (χ1n) is 6.91. The molecular weight excluding hydrogens is 240 g/mol. The van der Waals surface area contributed by atoms with Gasteiger partial charge in [-0.2, -0.15) is 0 Å². The molecule has 1 unspecified atom stereocenters. The lowest BCUT2D eigenvalue weighted by Crippen LogP contribution is -2.43. The van der Waals surface area contributed by atoms with Crippen molar-refractivity contribution in [3.8, 4) is 11.5 Å². The van der Waals surface area contributed by atoms with Crippen LogP contribution < -0.4 is 15.2 Å². The summed E-state index contributed by atoms with van der Waals surface area (Å²) >= 11 is 0. The zero-order valence-electron chi connectivity index (χ0n) is 11.9. The van der Waals surface area contributed by atoms with Gasteiger partial charge in [-0.05, 0) is 37.4 Å². The summed E-state index contributed by atoms with van der Waals surface area (Å²) in [6, 6.07) is 6.35. The van der Waals surface area contributed by atoms with E-state index in [2.05, 4.69) is 11.0 Å². The molecule has 19 heavy (non-hydrogen) atoms. The van der Waals surface area contributed by atoms with E-state index in [0.717, 1.165) is 44.0 Å². The molecule has 0 saturated carbocycles. The van der Waals surface area contributed by atoms with Crippen LogP contribution in [-0.4, -0.2) is 44.8 Å². The maximum atomic E-state index is 6.01. The van der Waals surface area contributed by atoms with Gasteiger partial charge in [-0.15, -0.1) is 0 Å². The highest BCUT2D eigenvalue weighted by Gasteiger charge is 2.16. The average Bonchev–Trinajstić information content (AvgIpc) is 2.45. The number of methoxy groups -OCH3 is 2. The fourth-order valence-corrected chi connectivity index (χ4v) is 2.63. The molecule has 1 aliphatic heterocycles. The molecule has 106 valence electrons. The Morgan fingerprint density at radius 2 is 2.16 bits per heavy atom. The third-order valence-electron chi connectivity index (χ3n) is 3.73. The molecule has 1 fully saturated rings. The summed E-state index contributed by atoms with van der Waals surface area (Å²) in [6.07, 6.45) is 3.35. The maximum Gasteiger partial charge on any atom is 0.125 e. The highest BCUT2D eigenvalue weighted by atomic mass is 16.5.